The Balaban J connectivity index is 2.21. The van der Waals surface area contributed by atoms with E-state index in [0.29, 0.717) is 29.9 Å². The van der Waals surface area contributed by atoms with Crippen LogP contribution in [0.5, 0.6) is 0 Å². The first-order valence-electron chi connectivity index (χ1n) is 6.31. The van der Waals surface area contributed by atoms with E-state index in [0.717, 1.165) is 17.4 Å². The van der Waals surface area contributed by atoms with E-state index in [4.69, 9.17) is 4.74 Å². The van der Waals surface area contributed by atoms with Crippen LogP contribution in [0.1, 0.15) is 33.3 Å². The lowest BCUT2D eigenvalue weighted by molar-refractivity contribution is 0.0528. The molecule has 0 saturated carbocycles. The van der Waals surface area contributed by atoms with E-state index in [1.54, 1.807) is 13.0 Å². The van der Waals surface area contributed by atoms with Crippen molar-refractivity contribution in [2.24, 2.45) is 0 Å². The molecular formula is C14H14N2O3. The van der Waals surface area contributed by atoms with Gasteiger partial charge in [-0.25, -0.2) is 4.79 Å². The van der Waals surface area contributed by atoms with Gasteiger partial charge in [-0.1, -0.05) is 12.1 Å². The number of hydrogen-bond donors (Lipinski definition) is 2. The topological polar surface area (TPSA) is 71.2 Å². The number of benzene rings is 1. The van der Waals surface area contributed by atoms with Crippen LogP contribution in [0.15, 0.2) is 18.2 Å². The van der Waals surface area contributed by atoms with Crippen LogP contribution in [0.25, 0.3) is 10.9 Å². The first kappa shape index (κ1) is 11.8. The summed E-state index contributed by atoms with van der Waals surface area (Å²) in [6.45, 7) is 2.73. The van der Waals surface area contributed by atoms with Crippen molar-refractivity contribution in [2.45, 2.75) is 13.3 Å². The molecule has 1 aliphatic rings. The maximum atomic E-state index is 11.9. The zero-order valence-electron chi connectivity index (χ0n) is 10.6. The average molecular weight is 258 g/mol. The second-order valence-electron chi connectivity index (χ2n) is 4.43. The molecule has 2 N–H and O–H groups in total. The van der Waals surface area contributed by atoms with Crippen molar-refractivity contribution in [3.05, 3.63) is 35.0 Å². The van der Waals surface area contributed by atoms with Crippen LogP contribution in [0.2, 0.25) is 0 Å². The van der Waals surface area contributed by atoms with Gasteiger partial charge in [-0.2, -0.15) is 0 Å². The molecule has 2 aromatic rings. The molecule has 1 amide bonds. The molecule has 3 rings (SSSR count). The second-order valence-corrected chi connectivity index (χ2v) is 4.43. The predicted molar refractivity (Wildman–Crippen MR) is 70.3 cm³/mol. The quantitative estimate of drug-likeness (QED) is 0.804. The summed E-state index contributed by atoms with van der Waals surface area (Å²) in [7, 11) is 0. The minimum absolute atomic E-state index is 0.118. The fraction of sp³-hybridized carbons (Fsp3) is 0.286. The Bertz CT molecular complexity index is 673. The summed E-state index contributed by atoms with van der Waals surface area (Å²) in [6.07, 6.45) is 0.771. The van der Waals surface area contributed by atoms with E-state index in [-0.39, 0.29) is 11.9 Å². The molecule has 1 aromatic carbocycles. The highest BCUT2D eigenvalue weighted by Gasteiger charge is 2.24. The van der Waals surface area contributed by atoms with Crippen LogP contribution in [0.3, 0.4) is 0 Å². The van der Waals surface area contributed by atoms with Crippen LogP contribution in [-0.2, 0) is 11.2 Å². The van der Waals surface area contributed by atoms with Crippen LogP contribution in [0.4, 0.5) is 0 Å². The van der Waals surface area contributed by atoms with Crippen molar-refractivity contribution in [3.63, 3.8) is 0 Å². The number of rotatable bonds is 2. The van der Waals surface area contributed by atoms with Gasteiger partial charge in [-0.05, 0) is 25.0 Å². The lowest BCUT2D eigenvalue weighted by Gasteiger charge is -2.11. The first-order valence-corrected chi connectivity index (χ1v) is 6.31. The molecule has 1 aromatic heterocycles. The Morgan fingerprint density at radius 2 is 2.26 bits per heavy atom. The lowest BCUT2D eigenvalue weighted by atomic mass is 10.0. The molecule has 5 heteroatoms. The molecule has 2 heterocycles. The first-order chi connectivity index (χ1) is 9.22. The van der Waals surface area contributed by atoms with Crippen molar-refractivity contribution >= 4 is 22.8 Å². The smallest absolute Gasteiger partial charge is 0.340 e. The number of hydrogen-bond acceptors (Lipinski definition) is 3. The Morgan fingerprint density at radius 1 is 1.42 bits per heavy atom. The monoisotopic (exact) mass is 258 g/mol. The summed E-state index contributed by atoms with van der Waals surface area (Å²) in [4.78, 5) is 26.8. The zero-order chi connectivity index (χ0) is 13.4. The number of aromatic nitrogens is 1. The molecule has 19 heavy (non-hydrogen) atoms. The highest BCUT2D eigenvalue weighted by molar-refractivity contribution is 6.08. The molecule has 0 saturated heterocycles. The predicted octanol–water partition coefficient (Wildman–Crippen LogP) is 1.63. The van der Waals surface area contributed by atoms with Gasteiger partial charge in [0.2, 0.25) is 0 Å². The summed E-state index contributed by atoms with van der Waals surface area (Å²) in [5.41, 5.74) is 2.69. The van der Waals surface area contributed by atoms with Gasteiger partial charge in [0.25, 0.3) is 5.91 Å². The minimum atomic E-state index is -0.368. The van der Waals surface area contributed by atoms with E-state index in [1.807, 2.05) is 12.1 Å². The van der Waals surface area contributed by atoms with Crippen LogP contribution in [0, 0.1) is 0 Å². The highest BCUT2D eigenvalue weighted by Crippen LogP contribution is 2.27. The molecule has 0 bridgehead atoms. The van der Waals surface area contributed by atoms with Gasteiger partial charge < -0.3 is 15.0 Å². The van der Waals surface area contributed by atoms with Crippen molar-refractivity contribution < 1.29 is 14.3 Å². The molecule has 0 fully saturated rings. The maximum absolute atomic E-state index is 11.9. The number of carbonyl (C=O) groups is 2. The summed E-state index contributed by atoms with van der Waals surface area (Å²) in [5, 5.41) is 3.71. The number of amides is 1. The van der Waals surface area contributed by atoms with Gasteiger partial charge >= 0.3 is 5.97 Å². The number of esters is 1. The average Bonchev–Trinajstić information content (AvgIpc) is 2.79. The number of carbonyl (C=O) groups excluding carboxylic acids is 2. The SMILES string of the molecule is CCOC(=O)c1cccc2c3c([nH]c12)C(=O)NCC3. The Kier molecular flexibility index (Phi) is 2.74. The number of H-pyrrole nitrogens is 1. The summed E-state index contributed by atoms with van der Waals surface area (Å²) < 4.78 is 5.04. The standard InChI is InChI=1S/C14H14N2O3/c1-2-19-14(18)10-5-3-4-8-9-6-7-15-13(17)12(9)16-11(8)10/h3-5,16H,2,6-7H2,1H3,(H,15,17). The third-order valence-corrected chi connectivity index (χ3v) is 3.32. The molecule has 1 aliphatic heterocycles. The van der Waals surface area contributed by atoms with Gasteiger partial charge in [0.15, 0.2) is 0 Å². The fourth-order valence-corrected chi connectivity index (χ4v) is 2.50. The van der Waals surface area contributed by atoms with Crippen LogP contribution < -0.4 is 5.32 Å². The third kappa shape index (κ3) is 1.78. The van der Waals surface area contributed by atoms with Crippen molar-refractivity contribution in [2.75, 3.05) is 13.2 Å². The molecule has 0 unspecified atom stereocenters. The molecule has 98 valence electrons. The number of fused-ring (bicyclic) bond motifs is 3. The molecule has 0 spiro atoms. The fourth-order valence-electron chi connectivity index (χ4n) is 2.50. The normalized spacial score (nSPS) is 14.1. The van der Waals surface area contributed by atoms with Crippen LogP contribution >= 0.6 is 0 Å². The van der Waals surface area contributed by atoms with E-state index >= 15 is 0 Å². The van der Waals surface area contributed by atoms with Crippen LogP contribution in [-0.4, -0.2) is 30.0 Å². The summed E-state index contributed by atoms with van der Waals surface area (Å²) in [5.74, 6) is -0.487. The molecule has 0 radical (unpaired) electrons. The van der Waals surface area contributed by atoms with E-state index in [1.165, 1.54) is 0 Å². The van der Waals surface area contributed by atoms with Gasteiger partial charge in [-0.3, -0.25) is 4.79 Å². The number of aromatic amines is 1. The third-order valence-electron chi connectivity index (χ3n) is 3.32. The Hall–Kier alpha value is -2.30. The Labute approximate surface area is 109 Å². The van der Waals surface area contributed by atoms with Crippen molar-refractivity contribution in [1.82, 2.24) is 10.3 Å². The summed E-state index contributed by atoms with van der Waals surface area (Å²) >= 11 is 0. The molecule has 0 atom stereocenters. The summed E-state index contributed by atoms with van der Waals surface area (Å²) in [6, 6.07) is 5.45. The number of ether oxygens (including phenoxy) is 1. The molecular weight excluding hydrogens is 244 g/mol. The van der Waals surface area contributed by atoms with Crippen molar-refractivity contribution in [3.8, 4) is 0 Å². The van der Waals surface area contributed by atoms with Gasteiger partial charge in [0.1, 0.15) is 5.69 Å². The molecule has 5 nitrogen and oxygen atoms in total. The highest BCUT2D eigenvalue weighted by atomic mass is 16.5. The molecule has 0 aliphatic carbocycles. The largest absolute Gasteiger partial charge is 0.462 e. The Morgan fingerprint density at radius 3 is 3.05 bits per heavy atom. The second kappa shape index (κ2) is 4.42. The number of nitrogens with one attached hydrogen (secondary N) is 2. The van der Waals surface area contributed by atoms with Gasteiger partial charge in [-0.15, -0.1) is 0 Å². The van der Waals surface area contributed by atoms with E-state index in [2.05, 4.69) is 10.3 Å². The minimum Gasteiger partial charge on any atom is -0.462 e. The van der Waals surface area contributed by atoms with Gasteiger partial charge in [0, 0.05) is 11.9 Å². The lowest BCUT2D eigenvalue weighted by Crippen LogP contribution is -2.31. The van der Waals surface area contributed by atoms with Gasteiger partial charge in [0.05, 0.1) is 17.7 Å². The zero-order valence-corrected chi connectivity index (χ0v) is 10.6. The van der Waals surface area contributed by atoms with E-state index in [9.17, 15) is 9.59 Å². The van der Waals surface area contributed by atoms with Crippen molar-refractivity contribution in [1.29, 1.82) is 0 Å². The number of para-hydroxylation sites is 1. The maximum Gasteiger partial charge on any atom is 0.340 e. The van der Waals surface area contributed by atoms with E-state index < -0.39 is 0 Å².